The standard InChI is InChI=1S/C74H144O17P2/c1-9-67(8)53-45-37-28-22-17-19-23-29-38-46-54-71(76)84-60-69(90-74(79)57-49-41-31-25-18-16-21-27-35-43-51-65(4)5)62-88-92(80,81)86-58-68(75)59-87-93(82,83)89-63-70(61-85-72(77)55-47-39-33-32-36-44-52-66(6)7)91-73(78)56-48-40-30-24-15-13-11-10-12-14-20-26-34-42-50-64(2)3/h64-70,75H,9-63H2,1-8H3,(H,80,81)(H,82,83)/t67?,68-,69-,70-/m1/s1. The van der Waals surface area contributed by atoms with E-state index in [0.717, 1.165) is 114 Å². The second-order valence-electron chi connectivity index (χ2n) is 28.4. The molecule has 93 heavy (non-hydrogen) atoms. The molecule has 0 aromatic carbocycles. The Morgan fingerprint density at radius 3 is 0.763 bits per heavy atom. The minimum atomic E-state index is -4.96. The smallest absolute Gasteiger partial charge is 0.462 e. The van der Waals surface area contributed by atoms with Crippen molar-refractivity contribution < 1.29 is 80.2 Å². The Balaban J connectivity index is 5.23. The second kappa shape index (κ2) is 63.5. The van der Waals surface area contributed by atoms with Crippen molar-refractivity contribution >= 4 is 39.5 Å². The van der Waals surface area contributed by atoms with Crippen LogP contribution in [0.1, 0.15) is 370 Å². The molecule has 0 aliphatic carbocycles. The maximum Gasteiger partial charge on any atom is 0.472 e. The van der Waals surface area contributed by atoms with Gasteiger partial charge < -0.3 is 33.8 Å². The molecule has 0 aromatic heterocycles. The lowest BCUT2D eigenvalue weighted by Gasteiger charge is -2.21. The topological polar surface area (TPSA) is 237 Å². The van der Waals surface area contributed by atoms with Crippen molar-refractivity contribution in [3.05, 3.63) is 0 Å². The van der Waals surface area contributed by atoms with Crippen molar-refractivity contribution in [1.82, 2.24) is 0 Å². The van der Waals surface area contributed by atoms with E-state index in [1.54, 1.807) is 0 Å². The normalized spacial score (nSPS) is 14.5. The molecule has 0 saturated heterocycles. The van der Waals surface area contributed by atoms with Gasteiger partial charge in [0.15, 0.2) is 12.2 Å². The molecule has 3 unspecified atom stereocenters. The molecule has 6 atom stereocenters. The van der Waals surface area contributed by atoms with Gasteiger partial charge in [0.1, 0.15) is 19.3 Å². The molecule has 3 N–H and O–H groups in total. The van der Waals surface area contributed by atoms with Gasteiger partial charge >= 0.3 is 39.5 Å². The summed E-state index contributed by atoms with van der Waals surface area (Å²) in [5.74, 6) is 0.911. The van der Waals surface area contributed by atoms with Crippen LogP contribution >= 0.6 is 15.6 Å². The fourth-order valence-corrected chi connectivity index (χ4v) is 12.7. The molecule has 0 rings (SSSR count). The summed E-state index contributed by atoms with van der Waals surface area (Å²) in [6.45, 7) is 14.1. The SMILES string of the molecule is CCC(C)CCCCCCCCCCCCC(=O)OC[C@H](COP(=O)(O)OC[C@@H](O)COP(=O)(O)OC[C@@H](COC(=O)CCCCCCCCC(C)C)OC(=O)CCCCCCCCCCCCCCCCC(C)C)OC(=O)CCCCCCCCCCCCC(C)C. The van der Waals surface area contributed by atoms with Gasteiger partial charge in [0.25, 0.3) is 0 Å². The van der Waals surface area contributed by atoms with E-state index >= 15 is 0 Å². The van der Waals surface area contributed by atoms with Crippen molar-refractivity contribution in [2.24, 2.45) is 23.7 Å². The quantitative estimate of drug-likeness (QED) is 0.0222. The largest absolute Gasteiger partial charge is 0.472 e. The van der Waals surface area contributed by atoms with E-state index in [2.05, 4.69) is 55.4 Å². The van der Waals surface area contributed by atoms with Crippen LogP contribution in [0.15, 0.2) is 0 Å². The Labute approximate surface area is 568 Å². The summed E-state index contributed by atoms with van der Waals surface area (Å²) in [4.78, 5) is 72.7. The van der Waals surface area contributed by atoms with Gasteiger partial charge in [-0.15, -0.1) is 0 Å². The van der Waals surface area contributed by atoms with Gasteiger partial charge in [-0.3, -0.25) is 37.3 Å². The molecule has 0 amide bonds. The van der Waals surface area contributed by atoms with E-state index < -0.39 is 97.5 Å². The number of carbonyl (C=O) groups is 4. The fraction of sp³-hybridized carbons (Fsp3) is 0.946. The Kier molecular flexibility index (Phi) is 62.2. The molecule has 0 radical (unpaired) electrons. The van der Waals surface area contributed by atoms with Crippen LogP contribution in [0.4, 0.5) is 0 Å². The van der Waals surface area contributed by atoms with Crippen LogP contribution in [0, 0.1) is 23.7 Å². The lowest BCUT2D eigenvalue weighted by Crippen LogP contribution is -2.30. The molecular formula is C74H144O17P2. The summed E-state index contributed by atoms with van der Waals surface area (Å²) in [5.41, 5.74) is 0. The van der Waals surface area contributed by atoms with Gasteiger partial charge in [-0.25, -0.2) is 9.13 Å². The van der Waals surface area contributed by atoms with Gasteiger partial charge in [-0.2, -0.15) is 0 Å². The first-order chi connectivity index (χ1) is 44.6. The summed E-state index contributed by atoms with van der Waals surface area (Å²) in [6, 6.07) is 0. The molecule has 0 spiro atoms. The minimum absolute atomic E-state index is 0.105. The highest BCUT2D eigenvalue weighted by Gasteiger charge is 2.30. The molecule has 17 nitrogen and oxygen atoms in total. The highest BCUT2D eigenvalue weighted by Crippen LogP contribution is 2.45. The molecular weight excluding hydrogens is 1220 g/mol. The molecule has 0 aromatic rings. The number of aliphatic hydroxyl groups is 1. The van der Waals surface area contributed by atoms with Crippen LogP contribution in [-0.2, 0) is 65.4 Å². The van der Waals surface area contributed by atoms with E-state index in [1.165, 1.54) is 167 Å². The number of ether oxygens (including phenoxy) is 4. The summed E-state index contributed by atoms with van der Waals surface area (Å²) in [6.07, 6.45) is 47.2. The Morgan fingerprint density at radius 2 is 0.516 bits per heavy atom. The molecule has 0 heterocycles. The third-order valence-electron chi connectivity index (χ3n) is 17.4. The summed E-state index contributed by atoms with van der Waals surface area (Å²) < 4.78 is 68.4. The van der Waals surface area contributed by atoms with E-state index in [-0.39, 0.29) is 25.7 Å². The number of phosphoric ester groups is 2. The molecule has 19 heteroatoms. The Hall–Kier alpha value is -1.94. The highest BCUT2D eigenvalue weighted by atomic mass is 31.2. The monoisotopic (exact) mass is 1370 g/mol. The summed E-state index contributed by atoms with van der Waals surface area (Å²) in [5, 5.41) is 10.6. The minimum Gasteiger partial charge on any atom is -0.462 e. The molecule has 552 valence electrons. The molecule has 0 saturated carbocycles. The van der Waals surface area contributed by atoms with E-state index in [1.807, 2.05) is 0 Å². The maximum atomic E-state index is 13.0. The van der Waals surface area contributed by atoms with E-state index in [0.29, 0.717) is 31.6 Å². The van der Waals surface area contributed by atoms with Crippen LogP contribution in [0.25, 0.3) is 0 Å². The Morgan fingerprint density at radius 1 is 0.301 bits per heavy atom. The molecule has 0 aliphatic heterocycles. The Bertz CT molecular complexity index is 1840. The number of aliphatic hydroxyl groups excluding tert-OH is 1. The average molecular weight is 1370 g/mol. The highest BCUT2D eigenvalue weighted by molar-refractivity contribution is 7.47. The summed E-state index contributed by atoms with van der Waals surface area (Å²) >= 11 is 0. The van der Waals surface area contributed by atoms with Gasteiger partial charge in [-0.05, 0) is 49.4 Å². The van der Waals surface area contributed by atoms with Crippen molar-refractivity contribution in [1.29, 1.82) is 0 Å². The average Bonchev–Trinajstić information content (AvgIpc) is 3.40. The fourth-order valence-electron chi connectivity index (χ4n) is 11.2. The third-order valence-corrected chi connectivity index (χ3v) is 19.3. The molecule has 0 fully saturated rings. The molecule has 0 aliphatic rings. The lowest BCUT2D eigenvalue weighted by atomic mass is 9.99. The first kappa shape index (κ1) is 91.1. The van der Waals surface area contributed by atoms with Crippen molar-refractivity contribution in [3.8, 4) is 0 Å². The first-order valence-electron chi connectivity index (χ1n) is 38.2. The zero-order valence-corrected chi connectivity index (χ0v) is 62.7. The van der Waals surface area contributed by atoms with Gasteiger partial charge in [0.05, 0.1) is 26.4 Å². The number of carbonyl (C=O) groups excluding carboxylic acids is 4. The summed E-state index contributed by atoms with van der Waals surface area (Å²) in [7, 11) is -9.91. The van der Waals surface area contributed by atoms with Crippen molar-refractivity contribution in [2.75, 3.05) is 39.6 Å². The van der Waals surface area contributed by atoms with Crippen molar-refractivity contribution in [2.45, 2.75) is 388 Å². The molecule has 0 bridgehead atoms. The van der Waals surface area contributed by atoms with Gasteiger partial charge in [0.2, 0.25) is 0 Å². The zero-order valence-electron chi connectivity index (χ0n) is 60.9. The third kappa shape index (κ3) is 67.0. The number of esters is 4. The van der Waals surface area contributed by atoms with Gasteiger partial charge in [-0.1, -0.05) is 319 Å². The van der Waals surface area contributed by atoms with Crippen LogP contribution in [0.3, 0.4) is 0 Å². The van der Waals surface area contributed by atoms with Crippen LogP contribution in [0.2, 0.25) is 0 Å². The number of hydrogen-bond acceptors (Lipinski definition) is 15. The lowest BCUT2D eigenvalue weighted by molar-refractivity contribution is -0.161. The van der Waals surface area contributed by atoms with Crippen LogP contribution < -0.4 is 0 Å². The zero-order chi connectivity index (χ0) is 68.9. The number of phosphoric acid groups is 2. The van der Waals surface area contributed by atoms with Gasteiger partial charge in [0, 0.05) is 25.7 Å². The maximum absolute atomic E-state index is 13.0. The predicted molar refractivity (Wildman–Crippen MR) is 377 cm³/mol. The predicted octanol–water partition coefficient (Wildman–Crippen LogP) is 21.3. The van der Waals surface area contributed by atoms with Crippen molar-refractivity contribution in [3.63, 3.8) is 0 Å². The second-order valence-corrected chi connectivity index (χ2v) is 31.3. The number of rotatable bonds is 71. The van der Waals surface area contributed by atoms with E-state index in [4.69, 9.17) is 37.0 Å². The van der Waals surface area contributed by atoms with Crippen LogP contribution in [-0.4, -0.2) is 96.7 Å². The van der Waals surface area contributed by atoms with E-state index in [9.17, 15) is 43.2 Å². The number of unbranched alkanes of at least 4 members (excludes halogenated alkanes) is 36. The number of hydrogen-bond donors (Lipinski definition) is 3. The first-order valence-corrected chi connectivity index (χ1v) is 41.2. The van der Waals surface area contributed by atoms with Crippen LogP contribution in [0.5, 0.6) is 0 Å².